The van der Waals surface area contributed by atoms with Gasteiger partial charge in [0.2, 0.25) is 0 Å². The Hall–Kier alpha value is -0.370. The predicted molar refractivity (Wildman–Crippen MR) is 56.6 cm³/mol. The van der Waals surface area contributed by atoms with E-state index in [1.165, 1.54) is 6.42 Å². The molecule has 0 radical (unpaired) electrons. The van der Waals surface area contributed by atoms with Crippen LogP contribution in [-0.2, 0) is 4.79 Å². The van der Waals surface area contributed by atoms with Gasteiger partial charge in [-0.3, -0.25) is 4.79 Å². The minimum atomic E-state index is -0.270. The van der Waals surface area contributed by atoms with E-state index in [0.717, 1.165) is 19.3 Å². The van der Waals surface area contributed by atoms with Gasteiger partial charge >= 0.3 is 0 Å². The summed E-state index contributed by atoms with van der Waals surface area (Å²) in [5, 5.41) is 0. The van der Waals surface area contributed by atoms with Crippen LogP contribution in [0.5, 0.6) is 0 Å². The molecule has 0 bridgehead atoms. The van der Waals surface area contributed by atoms with E-state index in [1.54, 1.807) is 0 Å². The molecular weight excluding hydrogens is 162 g/mol. The van der Waals surface area contributed by atoms with E-state index in [4.69, 9.17) is 5.73 Å². The molecule has 1 atom stereocenters. The summed E-state index contributed by atoms with van der Waals surface area (Å²) in [4.78, 5) is 11.7. The fraction of sp³-hybridized carbons (Fsp3) is 0.909. The number of ketones is 1. The molecule has 2 heteroatoms. The topological polar surface area (TPSA) is 43.1 Å². The lowest BCUT2D eigenvalue weighted by molar-refractivity contribution is -0.127. The molecule has 0 amide bonds. The second kappa shape index (κ2) is 6.14. The Morgan fingerprint density at radius 2 is 1.92 bits per heavy atom. The summed E-state index contributed by atoms with van der Waals surface area (Å²) >= 11 is 0. The number of carbonyl (C=O) groups excluding carboxylic acids is 1. The first kappa shape index (κ1) is 12.6. The molecule has 0 aliphatic carbocycles. The summed E-state index contributed by atoms with van der Waals surface area (Å²) in [5.41, 5.74) is 5.33. The molecule has 0 spiro atoms. The maximum absolute atomic E-state index is 11.7. The summed E-state index contributed by atoms with van der Waals surface area (Å²) < 4.78 is 0. The SMILES string of the molecule is CCCCCC(=O)C(C)(CC)CN. The standard InChI is InChI=1S/C11H23NO/c1-4-6-7-8-10(13)11(3,5-2)9-12/h4-9,12H2,1-3H3. The number of nitrogens with two attached hydrogens (primary N) is 1. The van der Waals surface area contributed by atoms with E-state index in [0.29, 0.717) is 18.7 Å². The fourth-order valence-electron chi connectivity index (χ4n) is 1.29. The number of hydrogen-bond donors (Lipinski definition) is 1. The first-order chi connectivity index (χ1) is 6.10. The van der Waals surface area contributed by atoms with Gasteiger partial charge in [0.15, 0.2) is 0 Å². The second-order valence-corrected chi connectivity index (χ2v) is 4.00. The molecule has 0 aromatic heterocycles. The van der Waals surface area contributed by atoms with Gasteiger partial charge in [0.05, 0.1) is 0 Å². The van der Waals surface area contributed by atoms with E-state index in [2.05, 4.69) is 6.92 Å². The minimum absolute atomic E-state index is 0.270. The molecule has 2 N–H and O–H groups in total. The Balaban J connectivity index is 3.92. The Labute approximate surface area is 81.9 Å². The van der Waals surface area contributed by atoms with Crippen molar-refractivity contribution in [3.8, 4) is 0 Å². The van der Waals surface area contributed by atoms with Crippen molar-refractivity contribution in [3.63, 3.8) is 0 Å². The van der Waals surface area contributed by atoms with E-state index in [9.17, 15) is 4.79 Å². The molecule has 0 aliphatic rings. The van der Waals surface area contributed by atoms with Gasteiger partial charge in [-0.25, -0.2) is 0 Å². The molecule has 1 unspecified atom stereocenters. The van der Waals surface area contributed by atoms with Crippen molar-refractivity contribution in [1.82, 2.24) is 0 Å². The van der Waals surface area contributed by atoms with Gasteiger partial charge in [-0.1, -0.05) is 33.6 Å². The van der Waals surface area contributed by atoms with Crippen molar-refractivity contribution in [2.24, 2.45) is 11.1 Å². The van der Waals surface area contributed by atoms with Crippen molar-refractivity contribution < 1.29 is 4.79 Å². The lowest BCUT2D eigenvalue weighted by atomic mass is 9.81. The molecule has 0 aliphatic heterocycles. The monoisotopic (exact) mass is 185 g/mol. The van der Waals surface area contributed by atoms with Gasteiger partial charge < -0.3 is 5.73 Å². The molecule has 0 aromatic carbocycles. The van der Waals surface area contributed by atoms with E-state index in [-0.39, 0.29) is 5.41 Å². The largest absolute Gasteiger partial charge is 0.329 e. The number of unbranched alkanes of at least 4 members (excludes halogenated alkanes) is 2. The summed E-state index contributed by atoms with van der Waals surface area (Å²) in [7, 11) is 0. The highest BCUT2D eigenvalue weighted by molar-refractivity contribution is 5.84. The van der Waals surface area contributed by atoms with Gasteiger partial charge in [-0.05, 0) is 12.8 Å². The number of carbonyl (C=O) groups is 1. The van der Waals surface area contributed by atoms with Crippen molar-refractivity contribution in [2.75, 3.05) is 6.54 Å². The van der Waals surface area contributed by atoms with E-state index < -0.39 is 0 Å². The highest BCUT2D eigenvalue weighted by atomic mass is 16.1. The molecule has 0 rings (SSSR count). The maximum atomic E-state index is 11.7. The van der Waals surface area contributed by atoms with Crippen molar-refractivity contribution >= 4 is 5.78 Å². The Bertz CT molecular complexity index is 150. The fourth-order valence-corrected chi connectivity index (χ4v) is 1.29. The smallest absolute Gasteiger partial charge is 0.140 e. The molecule has 0 saturated heterocycles. The highest BCUT2D eigenvalue weighted by Crippen LogP contribution is 2.23. The second-order valence-electron chi connectivity index (χ2n) is 4.00. The number of Topliss-reactive ketones (excluding diaryl/α,β-unsaturated/α-hetero) is 1. The molecule has 13 heavy (non-hydrogen) atoms. The number of rotatable bonds is 7. The van der Waals surface area contributed by atoms with E-state index in [1.807, 2.05) is 13.8 Å². The van der Waals surface area contributed by atoms with Crippen LogP contribution in [0.25, 0.3) is 0 Å². The van der Waals surface area contributed by atoms with Crippen LogP contribution in [0.3, 0.4) is 0 Å². The normalized spacial score (nSPS) is 15.4. The van der Waals surface area contributed by atoms with Crippen molar-refractivity contribution in [2.45, 2.75) is 52.9 Å². The van der Waals surface area contributed by atoms with Gasteiger partial charge in [0, 0.05) is 18.4 Å². The Morgan fingerprint density at radius 1 is 1.31 bits per heavy atom. The van der Waals surface area contributed by atoms with Crippen molar-refractivity contribution in [3.05, 3.63) is 0 Å². The summed E-state index contributed by atoms with van der Waals surface area (Å²) in [5.74, 6) is 0.339. The zero-order valence-electron chi connectivity index (χ0n) is 9.23. The van der Waals surface area contributed by atoms with Crippen molar-refractivity contribution in [1.29, 1.82) is 0 Å². The Morgan fingerprint density at radius 3 is 2.31 bits per heavy atom. The first-order valence-corrected chi connectivity index (χ1v) is 5.34. The van der Waals surface area contributed by atoms with Crippen LogP contribution in [-0.4, -0.2) is 12.3 Å². The van der Waals surface area contributed by atoms with Crippen LogP contribution in [0.4, 0.5) is 0 Å². The molecular formula is C11H23NO. The molecule has 0 heterocycles. The van der Waals surface area contributed by atoms with Crippen LogP contribution < -0.4 is 5.73 Å². The molecule has 0 saturated carbocycles. The highest BCUT2D eigenvalue weighted by Gasteiger charge is 2.28. The molecule has 0 aromatic rings. The van der Waals surface area contributed by atoms with E-state index >= 15 is 0 Å². The molecule has 2 nitrogen and oxygen atoms in total. The third-order valence-electron chi connectivity index (χ3n) is 2.91. The van der Waals surface area contributed by atoms with Gasteiger partial charge in [0.1, 0.15) is 5.78 Å². The van der Waals surface area contributed by atoms with Crippen LogP contribution in [0.2, 0.25) is 0 Å². The summed E-state index contributed by atoms with van der Waals surface area (Å²) in [6.45, 7) is 6.63. The van der Waals surface area contributed by atoms with Crippen LogP contribution >= 0.6 is 0 Å². The first-order valence-electron chi connectivity index (χ1n) is 5.34. The van der Waals surface area contributed by atoms with Gasteiger partial charge in [0.25, 0.3) is 0 Å². The predicted octanol–water partition coefficient (Wildman–Crippen LogP) is 2.51. The van der Waals surface area contributed by atoms with Crippen LogP contribution in [0.15, 0.2) is 0 Å². The zero-order chi connectivity index (χ0) is 10.3. The zero-order valence-corrected chi connectivity index (χ0v) is 9.23. The average molecular weight is 185 g/mol. The Kier molecular flexibility index (Phi) is 5.97. The van der Waals surface area contributed by atoms with Gasteiger partial charge in [-0.2, -0.15) is 0 Å². The summed E-state index contributed by atoms with van der Waals surface area (Å²) in [6, 6.07) is 0. The lowest BCUT2D eigenvalue weighted by Gasteiger charge is -2.24. The average Bonchev–Trinajstić information content (AvgIpc) is 2.17. The van der Waals surface area contributed by atoms with Gasteiger partial charge in [-0.15, -0.1) is 0 Å². The third kappa shape index (κ3) is 3.90. The quantitative estimate of drug-likeness (QED) is 0.619. The minimum Gasteiger partial charge on any atom is -0.329 e. The third-order valence-corrected chi connectivity index (χ3v) is 2.91. The lowest BCUT2D eigenvalue weighted by Crippen LogP contribution is -2.35. The van der Waals surface area contributed by atoms with Crippen LogP contribution in [0, 0.1) is 5.41 Å². The summed E-state index contributed by atoms with van der Waals surface area (Å²) in [6.07, 6.45) is 4.89. The maximum Gasteiger partial charge on any atom is 0.140 e. The number of hydrogen-bond acceptors (Lipinski definition) is 2. The van der Waals surface area contributed by atoms with Crippen LogP contribution in [0.1, 0.15) is 52.9 Å². The molecule has 0 fully saturated rings. The molecule has 78 valence electrons.